The van der Waals surface area contributed by atoms with Crippen LogP contribution in [0.5, 0.6) is 0 Å². The number of para-hydroxylation sites is 5. The smallest absolute Gasteiger partial charge is 0.252 e. The lowest BCUT2D eigenvalue weighted by atomic mass is 9.33. The van der Waals surface area contributed by atoms with Crippen LogP contribution in [0, 0.1) is 0 Å². The second-order valence-corrected chi connectivity index (χ2v) is 20.1. The zero-order chi connectivity index (χ0) is 63.9. The van der Waals surface area contributed by atoms with E-state index in [1.807, 2.05) is 127 Å². The quantitative estimate of drug-likeness (QED) is 0.154. The number of fused-ring (bicyclic) bond motifs is 10. The maximum atomic E-state index is 9.51. The van der Waals surface area contributed by atoms with Gasteiger partial charge < -0.3 is 18.9 Å². The summed E-state index contributed by atoms with van der Waals surface area (Å²) in [7, 11) is 0. The van der Waals surface area contributed by atoms with Crippen LogP contribution in [0.3, 0.4) is 0 Å². The molecule has 2 aromatic heterocycles. The molecule has 0 fully saturated rings. The molecule has 0 saturated heterocycles. The Morgan fingerprint density at radius 2 is 0.813 bits per heavy atom. The van der Waals surface area contributed by atoms with Gasteiger partial charge in [-0.05, 0) is 123 Å². The molecule has 4 heterocycles. The van der Waals surface area contributed by atoms with Gasteiger partial charge in [0.2, 0.25) is 0 Å². The standard InChI is InChI=1S/C70H51BN4/c1-70(2,3)49-42-67-69-68(43-49)75(60-32-15-10-27-53(60)47-23-8-5-9-24-47)66-45-52(73-63-35-18-13-30-56(63)57-31-14-19-36-64(57)73)38-40-59(66)71(69)58-39-37-51(72-61-33-16-11-28-54(61)55-29-12-17-34-62(55)72)44-65(58)74(67)50-26-20-25-48(41-50)46-21-6-4-7-22-46/h4-45H,1-3H3/i11D,12D,13D,14D,16D,17D,18D,19D,28D,29D,30D,31D,33D,34D,35D,36D. The largest absolute Gasteiger partial charge is 0.311 e. The molecule has 0 radical (unpaired) electrons. The first-order valence-corrected chi connectivity index (χ1v) is 24.9. The van der Waals surface area contributed by atoms with Crippen molar-refractivity contribution in [1.29, 1.82) is 0 Å². The van der Waals surface area contributed by atoms with Gasteiger partial charge in [-0.25, -0.2) is 0 Å². The van der Waals surface area contributed by atoms with Crippen molar-refractivity contribution in [2.45, 2.75) is 26.2 Å². The zero-order valence-corrected chi connectivity index (χ0v) is 40.9. The minimum absolute atomic E-state index is 0.0258. The highest BCUT2D eigenvalue weighted by molar-refractivity contribution is 7.00. The van der Waals surface area contributed by atoms with Crippen molar-refractivity contribution in [3.63, 3.8) is 0 Å². The molecule has 0 saturated carbocycles. The highest BCUT2D eigenvalue weighted by atomic mass is 15.2. The first-order chi connectivity index (χ1) is 43.5. The molecule has 5 heteroatoms. The van der Waals surface area contributed by atoms with E-state index in [4.69, 9.17) is 11.0 Å². The predicted octanol–water partition coefficient (Wildman–Crippen LogP) is 16.6. The zero-order valence-electron chi connectivity index (χ0n) is 56.9. The van der Waals surface area contributed by atoms with Crippen molar-refractivity contribution in [2.24, 2.45) is 0 Å². The number of rotatable bonds is 6. The van der Waals surface area contributed by atoms with Crippen molar-refractivity contribution < 1.29 is 21.9 Å². The Balaban J connectivity index is 1.11. The van der Waals surface area contributed by atoms with E-state index >= 15 is 0 Å². The highest BCUT2D eigenvalue weighted by Gasteiger charge is 2.45. The lowest BCUT2D eigenvalue weighted by Gasteiger charge is -2.45. The SMILES string of the molecule is [2H]c1c([2H])c([2H])c2c(c1[2H])c1c([2H])c([2H])c([2H])c([2H])c1n2-c1ccc2c(c1)N(c1cccc(-c3ccccc3)c1)c1cc(C(C)(C)C)cc3c1B2c1ccc(-n2c4c([2H])c([2H])c([2H])c([2H])c4c4c([2H])c([2H])c([2H])c([2H])c42)cc1N3c1ccccc1-c1ccccc1. The van der Waals surface area contributed by atoms with E-state index in [0.717, 1.165) is 67.0 Å². The third-order valence-corrected chi connectivity index (χ3v) is 14.9. The molecule has 0 bridgehead atoms. The Morgan fingerprint density at radius 3 is 1.35 bits per heavy atom. The van der Waals surface area contributed by atoms with E-state index in [1.165, 1.54) is 9.13 Å². The monoisotopic (exact) mass is 975 g/mol. The molecule has 2 aliphatic rings. The molecule has 0 aliphatic carbocycles. The van der Waals surface area contributed by atoms with Gasteiger partial charge in [0.15, 0.2) is 0 Å². The second-order valence-electron chi connectivity index (χ2n) is 20.1. The fourth-order valence-electron chi connectivity index (χ4n) is 11.6. The van der Waals surface area contributed by atoms with Gasteiger partial charge in [0, 0.05) is 66.9 Å². The fraction of sp³-hybridized carbons (Fsp3) is 0.0571. The Labute approximate surface area is 460 Å². The molecule has 354 valence electrons. The van der Waals surface area contributed by atoms with E-state index in [0.29, 0.717) is 22.7 Å². The van der Waals surface area contributed by atoms with E-state index in [9.17, 15) is 11.0 Å². The summed E-state index contributed by atoms with van der Waals surface area (Å²) in [6.07, 6.45) is 0. The normalized spacial score (nSPS) is 15.9. The molecular weight excluding hydrogens is 908 g/mol. The average molecular weight is 975 g/mol. The van der Waals surface area contributed by atoms with Crippen LogP contribution in [0.25, 0.3) is 77.2 Å². The molecule has 0 atom stereocenters. The first kappa shape index (κ1) is 30.0. The molecule has 15 rings (SSSR count). The molecule has 75 heavy (non-hydrogen) atoms. The summed E-state index contributed by atoms with van der Waals surface area (Å²) in [6, 6.07) is 44.3. The van der Waals surface area contributed by atoms with Crippen molar-refractivity contribution in [2.75, 3.05) is 9.80 Å². The van der Waals surface area contributed by atoms with E-state index < -0.39 is 109 Å². The van der Waals surface area contributed by atoms with Crippen LogP contribution in [0.2, 0.25) is 0 Å². The molecule has 2 aliphatic heterocycles. The number of aromatic nitrogens is 2. The van der Waals surface area contributed by atoms with Crippen molar-refractivity contribution in [1.82, 2.24) is 9.13 Å². The summed E-state index contributed by atoms with van der Waals surface area (Å²) in [5.41, 5.74) is 11.6. The maximum Gasteiger partial charge on any atom is 0.252 e. The van der Waals surface area contributed by atoms with Crippen molar-refractivity contribution >= 4 is 101 Å². The molecule has 13 aromatic rings. The van der Waals surface area contributed by atoms with Gasteiger partial charge in [-0.3, -0.25) is 0 Å². The molecule has 0 spiro atoms. The number of hydrogen-bond acceptors (Lipinski definition) is 2. The summed E-state index contributed by atoms with van der Waals surface area (Å²) in [5.74, 6) is 0. The summed E-state index contributed by atoms with van der Waals surface area (Å²) in [4.78, 5) is 4.42. The van der Waals surface area contributed by atoms with E-state index in [1.54, 1.807) is 0 Å². The number of hydrogen-bond donors (Lipinski definition) is 0. The summed E-state index contributed by atoms with van der Waals surface area (Å²) >= 11 is 0. The Bertz CT molecular complexity index is 5240. The van der Waals surface area contributed by atoms with Gasteiger partial charge in [-0.15, -0.1) is 0 Å². The van der Waals surface area contributed by atoms with Crippen molar-refractivity contribution in [3.8, 4) is 33.6 Å². The van der Waals surface area contributed by atoms with Crippen molar-refractivity contribution in [3.05, 3.63) is 260 Å². The van der Waals surface area contributed by atoms with Crippen LogP contribution < -0.4 is 26.2 Å². The topological polar surface area (TPSA) is 16.3 Å². The number of anilines is 6. The summed E-state index contributed by atoms with van der Waals surface area (Å²) in [6.45, 7) is 5.80. The van der Waals surface area contributed by atoms with Gasteiger partial charge >= 0.3 is 0 Å². The van der Waals surface area contributed by atoms with Crippen LogP contribution in [0.15, 0.2) is 254 Å². The Kier molecular flexibility index (Phi) is 6.65. The Morgan fingerprint density at radius 1 is 0.360 bits per heavy atom. The summed E-state index contributed by atoms with van der Waals surface area (Å²) in [5, 5.41) is -0.204. The highest BCUT2D eigenvalue weighted by Crippen LogP contribution is 2.49. The molecule has 0 amide bonds. The summed E-state index contributed by atoms with van der Waals surface area (Å²) < 4.78 is 149. The van der Waals surface area contributed by atoms with E-state index in [-0.39, 0.29) is 43.6 Å². The minimum atomic E-state index is -0.624. The first-order valence-electron chi connectivity index (χ1n) is 32.9. The van der Waals surface area contributed by atoms with Gasteiger partial charge in [0.25, 0.3) is 6.71 Å². The minimum Gasteiger partial charge on any atom is -0.311 e. The lowest BCUT2D eigenvalue weighted by molar-refractivity contribution is 0.590. The molecular formula is C70H51BN4. The second kappa shape index (κ2) is 16.6. The maximum absolute atomic E-state index is 9.51. The average Bonchev–Trinajstić information content (AvgIpc) is 1.60. The van der Waals surface area contributed by atoms with Crippen LogP contribution >= 0.6 is 0 Å². The number of nitrogens with zero attached hydrogens (tertiary/aromatic N) is 4. The molecule has 4 nitrogen and oxygen atoms in total. The fourth-order valence-corrected chi connectivity index (χ4v) is 11.6. The number of benzene rings is 11. The third kappa shape index (κ3) is 6.64. The van der Waals surface area contributed by atoms with Crippen LogP contribution in [0.4, 0.5) is 34.1 Å². The van der Waals surface area contributed by atoms with Crippen LogP contribution in [-0.2, 0) is 5.41 Å². The van der Waals surface area contributed by atoms with Gasteiger partial charge in [0.05, 0.1) is 49.7 Å². The third-order valence-electron chi connectivity index (χ3n) is 14.9. The lowest BCUT2D eigenvalue weighted by Crippen LogP contribution is -2.61. The van der Waals surface area contributed by atoms with Gasteiger partial charge in [-0.2, -0.15) is 0 Å². The molecule has 0 unspecified atom stereocenters. The molecule has 11 aromatic carbocycles. The van der Waals surface area contributed by atoms with Gasteiger partial charge in [-0.1, -0.05) is 196 Å². The van der Waals surface area contributed by atoms with Crippen LogP contribution in [-0.4, -0.2) is 15.8 Å². The molecule has 0 N–H and O–H groups in total. The predicted molar refractivity (Wildman–Crippen MR) is 319 cm³/mol. The van der Waals surface area contributed by atoms with Crippen LogP contribution in [0.1, 0.15) is 48.3 Å². The Hall–Kier alpha value is -9.32. The van der Waals surface area contributed by atoms with Gasteiger partial charge in [0.1, 0.15) is 0 Å². The van der Waals surface area contributed by atoms with E-state index in [2.05, 4.69) is 60.9 Å².